The molecule has 6 heteroatoms. The summed E-state index contributed by atoms with van der Waals surface area (Å²) in [5.41, 5.74) is 2.37. The van der Waals surface area contributed by atoms with E-state index in [1.54, 1.807) is 6.92 Å². The number of aryl methyl sites for hydroxylation is 2. The van der Waals surface area contributed by atoms with Crippen LogP contribution in [0.2, 0.25) is 0 Å². The van der Waals surface area contributed by atoms with Crippen LogP contribution in [0.5, 0.6) is 0 Å². The first kappa shape index (κ1) is 14.3. The highest BCUT2D eigenvalue weighted by molar-refractivity contribution is 5.64. The molecule has 0 aromatic carbocycles. The van der Waals surface area contributed by atoms with Gasteiger partial charge in [-0.1, -0.05) is 13.0 Å². The number of hydrogen-bond acceptors (Lipinski definition) is 4. The molecular weight excluding hydrogens is 295 g/mol. The Kier molecular flexibility index (Phi) is 2.99. The van der Waals surface area contributed by atoms with E-state index in [2.05, 4.69) is 15.1 Å². The minimum absolute atomic E-state index is 0.318. The van der Waals surface area contributed by atoms with Crippen LogP contribution < -0.4 is 0 Å². The molecule has 0 amide bonds. The van der Waals surface area contributed by atoms with Crippen LogP contribution in [-0.2, 0) is 12.0 Å². The molecule has 0 saturated carbocycles. The number of fused-ring (bicyclic) bond motifs is 2. The van der Waals surface area contributed by atoms with Crippen LogP contribution in [0.1, 0.15) is 36.8 Å². The number of halogens is 1. The molecule has 5 nitrogen and oxygen atoms in total. The quantitative estimate of drug-likeness (QED) is 0.790. The van der Waals surface area contributed by atoms with Gasteiger partial charge in [0, 0.05) is 6.07 Å². The second-order valence-electron chi connectivity index (χ2n) is 6.07. The maximum Gasteiger partial charge on any atom is 0.152 e. The van der Waals surface area contributed by atoms with Crippen molar-refractivity contribution in [3.63, 3.8) is 0 Å². The number of nitrogens with zero attached hydrogens (tertiary/aromatic N) is 4. The van der Waals surface area contributed by atoms with Gasteiger partial charge in [-0.05, 0) is 37.8 Å². The third kappa shape index (κ3) is 2.05. The Hall–Kier alpha value is -2.34. The number of hydrogen-bond donors (Lipinski definition) is 1. The van der Waals surface area contributed by atoms with Gasteiger partial charge in [0.05, 0.1) is 23.3 Å². The first-order valence-corrected chi connectivity index (χ1v) is 7.76. The van der Waals surface area contributed by atoms with Crippen molar-refractivity contribution in [1.82, 2.24) is 19.6 Å². The number of pyridine rings is 1. The first-order chi connectivity index (χ1) is 11.0. The minimum atomic E-state index is -0.887. The Balaban J connectivity index is 1.93. The van der Waals surface area contributed by atoms with Crippen LogP contribution in [0.4, 0.5) is 4.39 Å². The second kappa shape index (κ2) is 4.83. The average Bonchev–Trinajstić information content (AvgIpc) is 3.06. The van der Waals surface area contributed by atoms with Crippen molar-refractivity contribution in [1.29, 1.82) is 0 Å². The fraction of sp³-hybridized carbons (Fsp3) is 0.353. The number of aliphatic hydroxyl groups is 1. The molecule has 0 spiro atoms. The molecule has 0 bridgehead atoms. The minimum Gasteiger partial charge on any atom is -0.384 e. The van der Waals surface area contributed by atoms with Crippen LogP contribution in [0.3, 0.4) is 0 Å². The summed E-state index contributed by atoms with van der Waals surface area (Å²) in [7, 11) is 0. The van der Waals surface area contributed by atoms with Crippen LogP contribution in [0, 0.1) is 12.7 Å². The summed E-state index contributed by atoms with van der Waals surface area (Å²) < 4.78 is 15.7. The van der Waals surface area contributed by atoms with Gasteiger partial charge < -0.3 is 5.11 Å². The Labute approximate surface area is 132 Å². The lowest BCUT2D eigenvalue weighted by Gasteiger charge is -2.21. The lowest BCUT2D eigenvalue weighted by atomic mass is 9.97. The fourth-order valence-electron chi connectivity index (χ4n) is 3.26. The summed E-state index contributed by atoms with van der Waals surface area (Å²) in [6, 6.07) is 5.24. The van der Waals surface area contributed by atoms with E-state index in [0.717, 1.165) is 12.0 Å². The van der Waals surface area contributed by atoms with Gasteiger partial charge in [-0.2, -0.15) is 5.10 Å². The first-order valence-electron chi connectivity index (χ1n) is 7.76. The highest BCUT2D eigenvalue weighted by Crippen LogP contribution is 2.39. The molecule has 3 aromatic heterocycles. The molecule has 0 radical (unpaired) electrons. The predicted molar refractivity (Wildman–Crippen MR) is 83.4 cm³/mol. The molecular formula is C17H17FN4O. The summed E-state index contributed by atoms with van der Waals surface area (Å²) in [4.78, 5) is 8.68. The highest BCUT2D eigenvalue weighted by Gasteiger charge is 2.37. The van der Waals surface area contributed by atoms with Crippen LogP contribution in [0.25, 0.3) is 16.9 Å². The fourth-order valence-corrected chi connectivity index (χ4v) is 3.26. The van der Waals surface area contributed by atoms with Crippen molar-refractivity contribution < 1.29 is 9.50 Å². The van der Waals surface area contributed by atoms with Crippen molar-refractivity contribution in [2.24, 2.45) is 0 Å². The zero-order valence-electron chi connectivity index (χ0n) is 13.0. The number of rotatable bonds is 2. The smallest absolute Gasteiger partial charge is 0.152 e. The molecule has 1 aliphatic rings. The van der Waals surface area contributed by atoms with Gasteiger partial charge >= 0.3 is 0 Å². The Morgan fingerprint density at radius 2 is 2.22 bits per heavy atom. The van der Waals surface area contributed by atoms with E-state index >= 15 is 0 Å². The molecule has 1 aliphatic carbocycles. The highest BCUT2D eigenvalue weighted by atomic mass is 19.1. The van der Waals surface area contributed by atoms with E-state index in [-0.39, 0.29) is 5.82 Å². The molecule has 23 heavy (non-hydrogen) atoms. The van der Waals surface area contributed by atoms with Gasteiger partial charge in [0.1, 0.15) is 16.9 Å². The number of aromatic nitrogens is 4. The van der Waals surface area contributed by atoms with E-state index in [1.807, 2.05) is 19.1 Å². The van der Waals surface area contributed by atoms with Crippen molar-refractivity contribution in [3.05, 3.63) is 47.3 Å². The zero-order valence-corrected chi connectivity index (χ0v) is 13.0. The maximum absolute atomic E-state index is 14.1. The molecule has 3 aromatic rings. The maximum atomic E-state index is 14.1. The molecule has 4 rings (SSSR count). The third-order valence-corrected chi connectivity index (χ3v) is 4.66. The third-order valence-electron chi connectivity index (χ3n) is 4.66. The molecule has 0 saturated heterocycles. The zero-order chi connectivity index (χ0) is 16.2. The van der Waals surface area contributed by atoms with Crippen molar-refractivity contribution in [2.45, 2.75) is 38.7 Å². The molecule has 0 unspecified atom stereocenters. The second-order valence-corrected chi connectivity index (χ2v) is 6.07. The van der Waals surface area contributed by atoms with E-state index in [9.17, 15) is 9.50 Å². The molecule has 118 valence electrons. The van der Waals surface area contributed by atoms with Gasteiger partial charge in [0.2, 0.25) is 0 Å². The van der Waals surface area contributed by atoms with E-state index in [4.69, 9.17) is 0 Å². The largest absolute Gasteiger partial charge is 0.384 e. The topological polar surface area (TPSA) is 63.3 Å². The normalized spacial score (nSPS) is 20.2. The Morgan fingerprint density at radius 1 is 1.39 bits per heavy atom. The van der Waals surface area contributed by atoms with Gasteiger partial charge in [0.15, 0.2) is 5.82 Å². The van der Waals surface area contributed by atoms with E-state index in [0.29, 0.717) is 41.3 Å². The molecule has 3 heterocycles. The van der Waals surface area contributed by atoms with Crippen LogP contribution in [0.15, 0.2) is 24.4 Å². The molecule has 0 aliphatic heterocycles. The standard InChI is InChI=1S/C17H17FN4O/c1-3-17(23)7-6-11-4-5-13(20-16(11)17)14-8-12(18)15-9-19-10(2)21-22(14)15/h4-5,8-9,23H,3,6-7H2,1-2H3/t17-/m1/s1. The molecule has 0 fully saturated rings. The summed E-state index contributed by atoms with van der Waals surface area (Å²) in [6.07, 6.45) is 3.58. The van der Waals surface area contributed by atoms with Crippen LogP contribution in [-0.4, -0.2) is 24.7 Å². The van der Waals surface area contributed by atoms with Gasteiger partial charge in [0.25, 0.3) is 0 Å². The lowest BCUT2D eigenvalue weighted by Crippen LogP contribution is -2.22. The summed E-state index contributed by atoms with van der Waals surface area (Å²) >= 11 is 0. The predicted octanol–water partition coefficient (Wildman–Crippen LogP) is 2.78. The lowest BCUT2D eigenvalue weighted by molar-refractivity contribution is 0.0307. The van der Waals surface area contributed by atoms with E-state index < -0.39 is 5.60 Å². The molecule has 1 N–H and O–H groups in total. The summed E-state index contributed by atoms with van der Waals surface area (Å²) in [5.74, 6) is 0.175. The molecule has 1 atom stereocenters. The van der Waals surface area contributed by atoms with Crippen molar-refractivity contribution in [3.8, 4) is 11.4 Å². The average molecular weight is 312 g/mol. The van der Waals surface area contributed by atoms with Gasteiger partial charge in [-0.15, -0.1) is 0 Å². The SMILES string of the molecule is CC[C@@]1(O)CCc2ccc(-c3cc(F)c4cnc(C)nn34)nc21. The van der Waals surface area contributed by atoms with Crippen LogP contribution >= 0.6 is 0 Å². The van der Waals surface area contributed by atoms with E-state index in [1.165, 1.54) is 16.8 Å². The summed E-state index contributed by atoms with van der Waals surface area (Å²) in [6.45, 7) is 3.71. The van der Waals surface area contributed by atoms with Gasteiger partial charge in [-0.3, -0.25) is 0 Å². The van der Waals surface area contributed by atoms with Crippen molar-refractivity contribution in [2.75, 3.05) is 0 Å². The monoisotopic (exact) mass is 312 g/mol. The Bertz CT molecular complexity index is 920. The van der Waals surface area contributed by atoms with Gasteiger partial charge in [-0.25, -0.2) is 18.9 Å². The summed E-state index contributed by atoms with van der Waals surface area (Å²) in [5, 5.41) is 15.0. The van der Waals surface area contributed by atoms with Crippen molar-refractivity contribution >= 4 is 5.52 Å². The Morgan fingerprint density at radius 3 is 3.00 bits per heavy atom.